The largest absolute Gasteiger partial charge is 0.347 e. The SMILES string of the molecule is CC1C2CCC3=CC(=O)CCC3C2(C)CCC12OCCO2. The van der Waals surface area contributed by atoms with Crippen LogP contribution in [-0.4, -0.2) is 24.8 Å². The lowest BCUT2D eigenvalue weighted by atomic mass is 9.49. The molecule has 1 spiro atoms. The summed E-state index contributed by atoms with van der Waals surface area (Å²) >= 11 is 0. The van der Waals surface area contributed by atoms with E-state index in [1.165, 1.54) is 12.0 Å². The van der Waals surface area contributed by atoms with Gasteiger partial charge in [0.15, 0.2) is 11.6 Å². The van der Waals surface area contributed by atoms with Crippen LogP contribution < -0.4 is 0 Å². The van der Waals surface area contributed by atoms with Crippen LogP contribution in [0.2, 0.25) is 0 Å². The molecule has 0 aromatic rings. The molecule has 1 heterocycles. The Kier molecular flexibility index (Phi) is 3.10. The molecule has 3 nitrogen and oxygen atoms in total. The van der Waals surface area contributed by atoms with E-state index >= 15 is 0 Å². The molecule has 0 aromatic heterocycles. The lowest BCUT2D eigenvalue weighted by Gasteiger charge is -2.58. The first-order valence-corrected chi connectivity index (χ1v) is 8.56. The second kappa shape index (κ2) is 4.66. The minimum atomic E-state index is -0.310. The normalized spacial score (nSPS) is 45.1. The highest BCUT2D eigenvalue weighted by Crippen LogP contribution is 2.62. The van der Waals surface area contributed by atoms with Gasteiger partial charge in [-0.3, -0.25) is 4.79 Å². The van der Waals surface area contributed by atoms with Gasteiger partial charge in [-0.05, 0) is 49.0 Å². The van der Waals surface area contributed by atoms with Gasteiger partial charge in [0, 0.05) is 18.8 Å². The van der Waals surface area contributed by atoms with Crippen LogP contribution in [0.1, 0.15) is 52.4 Å². The zero-order valence-electron chi connectivity index (χ0n) is 13.2. The van der Waals surface area contributed by atoms with E-state index in [1.54, 1.807) is 0 Å². The summed E-state index contributed by atoms with van der Waals surface area (Å²) in [6.07, 6.45) is 8.21. The zero-order chi connectivity index (χ0) is 14.7. The van der Waals surface area contributed by atoms with Crippen molar-refractivity contribution < 1.29 is 14.3 Å². The van der Waals surface area contributed by atoms with Crippen molar-refractivity contribution in [1.82, 2.24) is 0 Å². The Balaban J connectivity index is 1.66. The van der Waals surface area contributed by atoms with Crippen LogP contribution in [-0.2, 0) is 14.3 Å². The Bertz CT molecular complexity index is 489. The number of ketones is 1. The maximum atomic E-state index is 11.7. The minimum absolute atomic E-state index is 0.310. The number of carbonyl (C=O) groups excluding carboxylic acids is 1. The summed E-state index contributed by atoms with van der Waals surface area (Å²) in [5.74, 6) is 1.74. The third-order valence-corrected chi connectivity index (χ3v) is 6.95. The van der Waals surface area contributed by atoms with Gasteiger partial charge in [-0.1, -0.05) is 19.4 Å². The molecule has 0 aromatic carbocycles. The fraction of sp³-hybridized carbons (Fsp3) is 0.833. The van der Waals surface area contributed by atoms with Crippen molar-refractivity contribution in [2.24, 2.45) is 23.2 Å². The highest BCUT2D eigenvalue weighted by atomic mass is 16.7. The summed E-state index contributed by atoms with van der Waals surface area (Å²) in [5.41, 5.74) is 1.76. The minimum Gasteiger partial charge on any atom is -0.347 e. The number of hydrogen-bond acceptors (Lipinski definition) is 3. The van der Waals surface area contributed by atoms with E-state index in [-0.39, 0.29) is 5.79 Å². The van der Waals surface area contributed by atoms with Crippen LogP contribution in [0, 0.1) is 23.2 Å². The third kappa shape index (κ3) is 1.90. The first-order chi connectivity index (χ1) is 10.1. The van der Waals surface area contributed by atoms with E-state index in [9.17, 15) is 4.79 Å². The van der Waals surface area contributed by atoms with Crippen LogP contribution in [0.5, 0.6) is 0 Å². The standard InChI is InChI=1S/C18H26O3/c1-12-15-5-3-13-11-14(19)4-6-16(13)17(15,2)7-8-18(12)20-9-10-21-18/h11-12,15-16H,3-10H2,1-2H3. The number of allylic oxidation sites excluding steroid dienone is 2. The van der Waals surface area contributed by atoms with Gasteiger partial charge in [0.2, 0.25) is 0 Å². The Labute approximate surface area is 127 Å². The van der Waals surface area contributed by atoms with Crippen molar-refractivity contribution >= 4 is 5.78 Å². The Hall–Kier alpha value is -0.670. The van der Waals surface area contributed by atoms with Gasteiger partial charge >= 0.3 is 0 Å². The zero-order valence-corrected chi connectivity index (χ0v) is 13.2. The molecule has 4 rings (SSSR count). The first-order valence-electron chi connectivity index (χ1n) is 8.56. The van der Waals surface area contributed by atoms with Gasteiger partial charge in [-0.15, -0.1) is 0 Å². The van der Waals surface area contributed by atoms with Crippen LogP contribution in [0.25, 0.3) is 0 Å². The molecule has 0 N–H and O–H groups in total. The van der Waals surface area contributed by atoms with Crippen molar-refractivity contribution in [1.29, 1.82) is 0 Å². The molecule has 0 amide bonds. The summed E-state index contributed by atoms with van der Waals surface area (Å²) in [6.45, 7) is 6.28. The molecular weight excluding hydrogens is 264 g/mol. The van der Waals surface area contributed by atoms with E-state index in [0.29, 0.717) is 29.0 Å². The van der Waals surface area contributed by atoms with Gasteiger partial charge in [-0.2, -0.15) is 0 Å². The number of fused-ring (bicyclic) bond motifs is 3. The number of ether oxygens (including phenoxy) is 2. The van der Waals surface area contributed by atoms with E-state index in [4.69, 9.17) is 9.47 Å². The summed E-state index contributed by atoms with van der Waals surface area (Å²) in [4.78, 5) is 11.7. The second-order valence-corrected chi connectivity index (χ2v) is 7.73. The molecule has 21 heavy (non-hydrogen) atoms. The van der Waals surface area contributed by atoms with E-state index in [1.807, 2.05) is 6.08 Å². The van der Waals surface area contributed by atoms with Gasteiger partial charge in [0.05, 0.1) is 13.2 Å². The van der Waals surface area contributed by atoms with E-state index in [2.05, 4.69) is 13.8 Å². The highest BCUT2D eigenvalue weighted by molar-refractivity contribution is 5.91. The fourth-order valence-corrected chi connectivity index (χ4v) is 5.80. The Morgan fingerprint density at radius 2 is 1.90 bits per heavy atom. The van der Waals surface area contributed by atoms with Crippen molar-refractivity contribution in [3.8, 4) is 0 Å². The molecule has 4 aliphatic rings. The maximum absolute atomic E-state index is 11.7. The molecule has 1 saturated heterocycles. The molecule has 3 aliphatic carbocycles. The Morgan fingerprint density at radius 1 is 1.14 bits per heavy atom. The first kappa shape index (κ1) is 14.0. The van der Waals surface area contributed by atoms with Gasteiger partial charge in [-0.25, -0.2) is 0 Å². The second-order valence-electron chi connectivity index (χ2n) is 7.73. The lowest BCUT2D eigenvalue weighted by molar-refractivity contribution is -0.250. The van der Waals surface area contributed by atoms with Crippen molar-refractivity contribution in [2.45, 2.75) is 58.2 Å². The fourth-order valence-electron chi connectivity index (χ4n) is 5.80. The van der Waals surface area contributed by atoms with Crippen molar-refractivity contribution in [3.05, 3.63) is 11.6 Å². The molecular formula is C18H26O3. The maximum Gasteiger partial charge on any atom is 0.171 e. The average Bonchev–Trinajstić information content (AvgIpc) is 2.93. The van der Waals surface area contributed by atoms with Crippen LogP contribution in [0.3, 0.4) is 0 Å². The Morgan fingerprint density at radius 3 is 2.67 bits per heavy atom. The monoisotopic (exact) mass is 290 g/mol. The smallest absolute Gasteiger partial charge is 0.171 e. The summed E-state index contributed by atoms with van der Waals surface area (Å²) in [6, 6.07) is 0. The molecule has 3 fully saturated rings. The topological polar surface area (TPSA) is 35.5 Å². The van der Waals surface area contributed by atoms with Gasteiger partial charge < -0.3 is 9.47 Å². The average molecular weight is 290 g/mol. The third-order valence-electron chi connectivity index (χ3n) is 6.95. The molecule has 2 saturated carbocycles. The molecule has 0 radical (unpaired) electrons. The highest BCUT2D eigenvalue weighted by Gasteiger charge is 2.59. The van der Waals surface area contributed by atoms with E-state index in [0.717, 1.165) is 45.3 Å². The molecule has 0 bridgehead atoms. The quantitative estimate of drug-likeness (QED) is 0.685. The number of hydrogen-bond donors (Lipinski definition) is 0. The molecule has 4 unspecified atom stereocenters. The predicted molar refractivity (Wildman–Crippen MR) is 79.7 cm³/mol. The summed E-state index contributed by atoms with van der Waals surface area (Å²) in [5, 5.41) is 0. The van der Waals surface area contributed by atoms with Gasteiger partial charge in [0.1, 0.15) is 0 Å². The molecule has 4 atom stereocenters. The molecule has 3 heteroatoms. The lowest BCUT2D eigenvalue weighted by Crippen LogP contribution is -2.56. The van der Waals surface area contributed by atoms with Crippen LogP contribution >= 0.6 is 0 Å². The van der Waals surface area contributed by atoms with Crippen molar-refractivity contribution in [3.63, 3.8) is 0 Å². The molecule has 1 aliphatic heterocycles. The number of rotatable bonds is 0. The number of carbonyl (C=O) groups is 1. The van der Waals surface area contributed by atoms with Crippen molar-refractivity contribution in [2.75, 3.05) is 13.2 Å². The molecule has 116 valence electrons. The summed E-state index contributed by atoms with van der Waals surface area (Å²) in [7, 11) is 0. The van der Waals surface area contributed by atoms with E-state index < -0.39 is 0 Å². The van der Waals surface area contributed by atoms with Gasteiger partial charge in [0.25, 0.3) is 0 Å². The summed E-state index contributed by atoms with van der Waals surface area (Å²) < 4.78 is 12.1. The van der Waals surface area contributed by atoms with Crippen LogP contribution in [0.15, 0.2) is 11.6 Å². The predicted octanol–water partition coefficient (Wildman–Crippen LogP) is 3.48. The van der Waals surface area contributed by atoms with Crippen LogP contribution in [0.4, 0.5) is 0 Å².